The fourth-order valence-corrected chi connectivity index (χ4v) is 2.21. The van der Waals surface area contributed by atoms with Crippen LogP contribution in [0.2, 0.25) is 0 Å². The van der Waals surface area contributed by atoms with Gasteiger partial charge in [-0.15, -0.1) is 0 Å². The normalized spacial score (nSPS) is 10.1. The lowest BCUT2D eigenvalue weighted by atomic mass is 10.0. The molecular weight excluding hydrogens is 379 g/mol. The second kappa shape index (κ2) is 5.10. The first kappa shape index (κ1) is 11.8. The quantitative estimate of drug-likeness (QED) is 0.556. The number of carbonyl (C=O) groups is 1. The van der Waals surface area contributed by atoms with Crippen molar-refractivity contribution in [2.24, 2.45) is 0 Å². The highest BCUT2D eigenvalue weighted by Crippen LogP contribution is 2.15. The van der Waals surface area contributed by atoms with E-state index in [1.807, 2.05) is 48.5 Å². The summed E-state index contributed by atoms with van der Waals surface area (Å²) in [7, 11) is 0. The van der Waals surface area contributed by atoms with E-state index in [-0.39, 0.29) is 5.78 Å². The Labute approximate surface area is 116 Å². The Kier molecular flexibility index (Phi) is 3.76. The van der Waals surface area contributed by atoms with Crippen LogP contribution >= 0.6 is 38.5 Å². The van der Waals surface area contributed by atoms with E-state index in [0.717, 1.165) is 13.6 Å². The van der Waals surface area contributed by atoms with E-state index in [1.54, 1.807) is 0 Å². The van der Waals surface area contributed by atoms with Crippen molar-refractivity contribution < 1.29 is 4.79 Å². The molecule has 0 bridgehead atoms. The minimum absolute atomic E-state index is 0.0611. The van der Waals surface area contributed by atoms with Crippen molar-refractivity contribution in [2.45, 2.75) is 0 Å². The summed E-state index contributed by atoms with van der Waals surface area (Å²) in [5.41, 5.74) is 1.44. The van der Waals surface area contributed by atoms with E-state index in [2.05, 4.69) is 38.5 Å². The van der Waals surface area contributed by atoms with E-state index in [9.17, 15) is 4.79 Å². The topological polar surface area (TPSA) is 17.1 Å². The predicted octanol–water partition coefficient (Wildman–Crippen LogP) is 4.28. The van der Waals surface area contributed by atoms with Gasteiger partial charge in [0.15, 0.2) is 5.78 Å². The molecule has 0 aliphatic carbocycles. The van der Waals surface area contributed by atoms with Crippen molar-refractivity contribution >= 4 is 44.3 Å². The molecule has 3 heteroatoms. The first-order valence-corrected chi connectivity index (χ1v) is 6.60. The number of hydrogen-bond acceptors (Lipinski definition) is 1. The fraction of sp³-hybridized carbons (Fsp3) is 0. The summed E-state index contributed by atoms with van der Waals surface area (Å²) < 4.78 is 2.05. The van der Waals surface area contributed by atoms with Gasteiger partial charge in [0.2, 0.25) is 0 Å². The molecule has 0 amide bonds. The summed E-state index contributed by atoms with van der Waals surface area (Å²) in [4.78, 5) is 12.1. The molecule has 0 aliphatic heterocycles. The van der Waals surface area contributed by atoms with Crippen LogP contribution in [0.4, 0.5) is 0 Å². The van der Waals surface area contributed by atoms with Gasteiger partial charge in [-0.25, -0.2) is 0 Å². The molecule has 0 heterocycles. The highest BCUT2D eigenvalue weighted by molar-refractivity contribution is 14.1. The molecule has 1 nitrogen and oxygen atoms in total. The molecular formula is C13H8BrIO. The second-order valence-electron chi connectivity index (χ2n) is 3.35. The summed E-state index contributed by atoms with van der Waals surface area (Å²) in [5, 5.41) is 0. The van der Waals surface area contributed by atoms with Crippen LogP contribution in [0, 0.1) is 3.57 Å². The first-order chi connectivity index (χ1) is 7.66. The van der Waals surface area contributed by atoms with Crippen LogP contribution in [0.5, 0.6) is 0 Å². The Morgan fingerprint density at radius 3 is 2.31 bits per heavy atom. The van der Waals surface area contributed by atoms with Crippen LogP contribution in [0.1, 0.15) is 15.9 Å². The van der Waals surface area contributed by atoms with Crippen LogP contribution in [-0.4, -0.2) is 5.78 Å². The smallest absolute Gasteiger partial charge is 0.193 e. The van der Waals surface area contributed by atoms with Gasteiger partial charge in [0.05, 0.1) is 0 Å². The molecule has 0 spiro atoms. The van der Waals surface area contributed by atoms with Crippen molar-refractivity contribution in [2.75, 3.05) is 0 Å². The molecule has 0 aliphatic rings. The average Bonchev–Trinajstić information content (AvgIpc) is 2.29. The highest BCUT2D eigenvalue weighted by Gasteiger charge is 2.08. The van der Waals surface area contributed by atoms with Crippen LogP contribution in [0.25, 0.3) is 0 Å². The van der Waals surface area contributed by atoms with Gasteiger partial charge in [0, 0.05) is 19.2 Å². The minimum atomic E-state index is 0.0611. The van der Waals surface area contributed by atoms with Crippen molar-refractivity contribution in [3.63, 3.8) is 0 Å². The van der Waals surface area contributed by atoms with Gasteiger partial charge < -0.3 is 0 Å². The Morgan fingerprint density at radius 2 is 1.69 bits per heavy atom. The molecule has 0 unspecified atom stereocenters. The lowest BCUT2D eigenvalue weighted by Crippen LogP contribution is -2.00. The summed E-state index contributed by atoms with van der Waals surface area (Å²) in [5.74, 6) is 0.0611. The van der Waals surface area contributed by atoms with E-state index in [4.69, 9.17) is 0 Å². The Morgan fingerprint density at radius 1 is 1.00 bits per heavy atom. The minimum Gasteiger partial charge on any atom is -0.289 e. The summed E-state index contributed by atoms with van der Waals surface area (Å²) >= 11 is 5.55. The Bertz CT molecular complexity index is 520. The van der Waals surface area contributed by atoms with Crippen molar-refractivity contribution in [3.8, 4) is 0 Å². The number of rotatable bonds is 2. The third-order valence-corrected chi connectivity index (χ3v) is 3.39. The van der Waals surface area contributed by atoms with Gasteiger partial charge in [-0.3, -0.25) is 4.79 Å². The Hall–Kier alpha value is -0.680. The maximum absolute atomic E-state index is 12.1. The van der Waals surface area contributed by atoms with Crippen LogP contribution in [0.15, 0.2) is 53.0 Å². The molecule has 0 fully saturated rings. The molecule has 80 valence electrons. The van der Waals surface area contributed by atoms with E-state index in [0.29, 0.717) is 5.56 Å². The van der Waals surface area contributed by atoms with Crippen LogP contribution < -0.4 is 0 Å². The molecule has 0 aromatic heterocycles. The molecule has 0 atom stereocenters. The van der Waals surface area contributed by atoms with Gasteiger partial charge in [-0.2, -0.15) is 0 Å². The van der Waals surface area contributed by atoms with Gasteiger partial charge in [0.1, 0.15) is 0 Å². The summed E-state index contributed by atoms with van der Waals surface area (Å²) in [6.07, 6.45) is 0. The third-order valence-electron chi connectivity index (χ3n) is 2.19. The van der Waals surface area contributed by atoms with Gasteiger partial charge >= 0.3 is 0 Å². The van der Waals surface area contributed by atoms with Gasteiger partial charge in [-0.05, 0) is 59.0 Å². The van der Waals surface area contributed by atoms with Crippen LogP contribution in [-0.2, 0) is 0 Å². The van der Waals surface area contributed by atoms with E-state index in [1.165, 1.54) is 0 Å². The molecule has 2 aromatic carbocycles. The standard InChI is InChI=1S/C13H8BrIO/c14-11-6-4-9(5-7-11)13(16)10-2-1-3-12(15)8-10/h1-8H. The largest absolute Gasteiger partial charge is 0.289 e. The van der Waals surface area contributed by atoms with E-state index >= 15 is 0 Å². The maximum atomic E-state index is 12.1. The van der Waals surface area contributed by atoms with Gasteiger partial charge in [-0.1, -0.05) is 28.1 Å². The fourth-order valence-electron chi connectivity index (χ4n) is 1.40. The van der Waals surface area contributed by atoms with E-state index < -0.39 is 0 Å². The van der Waals surface area contributed by atoms with Crippen molar-refractivity contribution in [1.82, 2.24) is 0 Å². The number of hydrogen-bond donors (Lipinski definition) is 0. The van der Waals surface area contributed by atoms with Crippen LogP contribution in [0.3, 0.4) is 0 Å². The zero-order valence-corrected chi connectivity index (χ0v) is 12.0. The SMILES string of the molecule is O=C(c1ccc(Br)cc1)c1cccc(I)c1. The zero-order chi connectivity index (χ0) is 11.5. The van der Waals surface area contributed by atoms with Gasteiger partial charge in [0.25, 0.3) is 0 Å². The number of benzene rings is 2. The molecule has 16 heavy (non-hydrogen) atoms. The molecule has 2 rings (SSSR count). The third kappa shape index (κ3) is 2.71. The van der Waals surface area contributed by atoms with Crippen molar-refractivity contribution in [3.05, 3.63) is 67.7 Å². The second-order valence-corrected chi connectivity index (χ2v) is 5.51. The first-order valence-electron chi connectivity index (χ1n) is 4.72. The number of ketones is 1. The maximum Gasteiger partial charge on any atom is 0.193 e. The lowest BCUT2D eigenvalue weighted by Gasteiger charge is -2.01. The predicted molar refractivity (Wildman–Crippen MR) is 76.7 cm³/mol. The molecule has 0 saturated carbocycles. The number of halogens is 2. The number of carbonyl (C=O) groups excluding carboxylic acids is 1. The highest BCUT2D eigenvalue weighted by atomic mass is 127. The molecule has 0 N–H and O–H groups in total. The monoisotopic (exact) mass is 386 g/mol. The molecule has 0 saturated heterocycles. The molecule has 2 aromatic rings. The molecule has 0 radical (unpaired) electrons. The summed E-state index contributed by atoms with van der Waals surface area (Å²) in [6.45, 7) is 0. The summed E-state index contributed by atoms with van der Waals surface area (Å²) in [6, 6.07) is 15.0. The van der Waals surface area contributed by atoms with Crippen molar-refractivity contribution in [1.29, 1.82) is 0 Å². The Balaban J connectivity index is 2.35. The average molecular weight is 387 g/mol. The zero-order valence-electron chi connectivity index (χ0n) is 8.28. The lowest BCUT2D eigenvalue weighted by molar-refractivity contribution is 0.103.